The van der Waals surface area contributed by atoms with E-state index in [1.807, 2.05) is 36.5 Å². The summed E-state index contributed by atoms with van der Waals surface area (Å²) in [4.78, 5) is 15.2. The Labute approximate surface area is 143 Å². The number of amides is 1. The van der Waals surface area contributed by atoms with Crippen LogP contribution >= 0.6 is 31.9 Å². The molecule has 0 fully saturated rings. The number of aromatic nitrogens is 1. The number of carbonyl (C=O) groups excluding carboxylic acids is 1. The minimum absolute atomic E-state index is 0.259. The molecule has 0 saturated heterocycles. The van der Waals surface area contributed by atoms with Gasteiger partial charge in [0.2, 0.25) is 0 Å². The van der Waals surface area contributed by atoms with Gasteiger partial charge in [0.15, 0.2) is 0 Å². The molecule has 22 heavy (non-hydrogen) atoms. The van der Waals surface area contributed by atoms with Crippen LogP contribution in [0.3, 0.4) is 0 Å². The fourth-order valence-electron chi connectivity index (χ4n) is 2.09. The van der Waals surface area contributed by atoms with Gasteiger partial charge in [0.25, 0.3) is 5.91 Å². The molecule has 0 saturated carbocycles. The van der Waals surface area contributed by atoms with Gasteiger partial charge in [-0.05, 0) is 46.3 Å². The average Bonchev–Trinajstić information content (AvgIpc) is 2.90. The molecule has 0 bridgehead atoms. The Morgan fingerprint density at radius 2 is 2.00 bits per heavy atom. The number of hydrazone groups is 1. The molecule has 0 spiro atoms. The van der Waals surface area contributed by atoms with Crippen LogP contribution in [-0.2, 0) is 0 Å². The summed E-state index contributed by atoms with van der Waals surface area (Å²) in [5.74, 6) is -0.259. The molecule has 110 valence electrons. The zero-order chi connectivity index (χ0) is 15.5. The van der Waals surface area contributed by atoms with Gasteiger partial charge >= 0.3 is 0 Å². The van der Waals surface area contributed by atoms with Gasteiger partial charge < -0.3 is 4.98 Å². The maximum atomic E-state index is 12.0. The molecule has 0 aliphatic rings. The second kappa shape index (κ2) is 6.46. The smallest absolute Gasteiger partial charge is 0.272 e. The number of hydrogen-bond acceptors (Lipinski definition) is 2. The van der Waals surface area contributed by atoms with Gasteiger partial charge in [0.1, 0.15) is 0 Å². The SMILES string of the molecule is O=C(N/N=C\c1c[nH]c2ccc(Br)cc12)c1ccccc1Br. The maximum Gasteiger partial charge on any atom is 0.272 e. The average molecular weight is 421 g/mol. The molecule has 3 aromatic rings. The van der Waals surface area contributed by atoms with Crippen molar-refractivity contribution in [3.05, 3.63) is 68.7 Å². The summed E-state index contributed by atoms with van der Waals surface area (Å²) in [7, 11) is 0. The van der Waals surface area contributed by atoms with Gasteiger partial charge in [0, 0.05) is 31.6 Å². The summed E-state index contributed by atoms with van der Waals surface area (Å²) in [5.41, 5.74) is 5.00. The molecule has 1 aromatic heterocycles. The molecule has 3 rings (SSSR count). The Morgan fingerprint density at radius 3 is 2.82 bits per heavy atom. The van der Waals surface area contributed by atoms with E-state index in [0.717, 1.165) is 25.4 Å². The second-order valence-corrected chi connectivity index (χ2v) is 6.38. The van der Waals surface area contributed by atoms with Crippen molar-refractivity contribution in [2.24, 2.45) is 5.10 Å². The molecule has 2 N–H and O–H groups in total. The van der Waals surface area contributed by atoms with Crippen LogP contribution in [0.25, 0.3) is 10.9 Å². The van der Waals surface area contributed by atoms with Crippen LogP contribution in [0.15, 0.2) is 62.7 Å². The normalized spacial score (nSPS) is 11.2. The quantitative estimate of drug-likeness (QED) is 0.477. The lowest BCUT2D eigenvalue weighted by Gasteiger charge is -2.01. The fraction of sp³-hybridized carbons (Fsp3) is 0. The molecule has 0 atom stereocenters. The molecule has 4 nitrogen and oxygen atoms in total. The molecule has 0 aliphatic heterocycles. The number of halogens is 2. The minimum Gasteiger partial charge on any atom is -0.361 e. The molecule has 0 aliphatic carbocycles. The minimum atomic E-state index is -0.259. The van der Waals surface area contributed by atoms with Crippen molar-refractivity contribution in [3.8, 4) is 0 Å². The fourth-order valence-corrected chi connectivity index (χ4v) is 2.91. The first-order valence-electron chi connectivity index (χ1n) is 6.50. The Hall–Kier alpha value is -1.92. The van der Waals surface area contributed by atoms with Gasteiger partial charge in [0.05, 0.1) is 11.8 Å². The molecule has 0 radical (unpaired) electrons. The van der Waals surface area contributed by atoms with Crippen LogP contribution in [0.4, 0.5) is 0 Å². The van der Waals surface area contributed by atoms with Crippen molar-refractivity contribution >= 4 is 54.9 Å². The Morgan fingerprint density at radius 1 is 1.18 bits per heavy atom. The predicted octanol–water partition coefficient (Wildman–Crippen LogP) is 4.46. The van der Waals surface area contributed by atoms with Crippen molar-refractivity contribution in [1.29, 1.82) is 0 Å². The number of rotatable bonds is 3. The number of fused-ring (bicyclic) bond motifs is 1. The van der Waals surface area contributed by atoms with E-state index in [2.05, 4.69) is 47.4 Å². The van der Waals surface area contributed by atoms with E-state index in [0.29, 0.717) is 5.56 Å². The number of H-pyrrole nitrogens is 1. The predicted molar refractivity (Wildman–Crippen MR) is 95.2 cm³/mol. The van der Waals surface area contributed by atoms with Crippen LogP contribution in [0.5, 0.6) is 0 Å². The standard InChI is InChI=1S/C16H11Br2N3O/c17-11-5-6-15-13(7-11)10(8-19-15)9-20-21-16(22)12-3-1-2-4-14(12)18/h1-9,19H,(H,21,22)/b20-9-. The molecule has 1 amide bonds. The summed E-state index contributed by atoms with van der Waals surface area (Å²) >= 11 is 6.79. The van der Waals surface area contributed by atoms with Gasteiger partial charge in [-0.2, -0.15) is 5.10 Å². The number of nitrogens with zero attached hydrogens (tertiary/aromatic N) is 1. The first-order chi connectivity index (χ1) is 10.6. The number of carbonyl (C=O) groups is 1. The van der Waals surface area contributed by atoms with Crippen LogP contribution in [0, 0.1) is 0 Å². The lowest BCUT2D eigenvalue weighted by atomic mass is 10.2. The van der Waals surface area contributed by atoms with Gasteiger partial charge in [-0.25, -0.2) is 5.43 Å². The summed E-state index contributed by atoms with van der Waals surface area (Å²) in [6, 6.07) is 13.2. The Balaban J connectivity index is 1.78. The second-order valence-electron chi connectivity index (χ2n) is 4.61. The summed E-state index contributed by atoms with van der Waals surface area (Å²) < 4.78 is 1.73. The first-order valence-corrected chi connectivity index (χ1v) is 8.08. The highest BCUT2D eigenvalue weighted by Crippen LogP contribution is 2.21. The topological polar surface area (TPSA) is 57.2 Å². The van der Waals surface area contributed by atoms with E-state index in [-0.39, 0.29) is 5.91 Å². The third kappa shape index (κ3) is 3.13. The van der Waals surface area contributed by atoms with E-state index in [1.54, 1.807) is 18.3 Å². The maximum absolute atomic E-state index is 12.0. The van der Waals surface area contributed by atoms with Crippen LogP contribution in [0.2, 0.25) is 0 Å². The van der Waals surface area contributed by atoms with E-state index in [1.165, 1.54) is 0 Å². The molecular weight excluding hydrogens is 410 g/mol. The third-order valence-corrected chi connectivity index (χ3v) is 4.35. The molecule has 1 heterocycles. The lowest BCUT2D eigenvalue weighted by molar-refractivity contribution is 0.0954. The van der Waals surface area contributed by atoms with Crippen LogP contribution < -0.4 is 5.43 Å². The first kappa shape index (κ1) is 15.0. The zero-order valence-electron chi connectivity index (χ0n) is 11.3. The van der Waals surface area contributed by atoms with Gasteiger partial charge in [-0.1, -0.05) is 28.1 Å². The van der Waals surface area contributed by atoms with Crippen molar-refractivity contribution in [1.82, 2.24) is 10.4 Å². The largest absolute Gasteiger partial charge is 0.361 e. The number of hydrogen-bond donors (Lipinski definition) is 2. The summed E-state index contributed by atoms with van der Waals surface area (Å²) in [6.07, 6.45) is 3.48. The Bertz CT molecular complexity index is 871. The van der Waals surface area contributed by atoms with E-state index >= 15 is 0 Å². The van der Waals surface area contributed by atoms with Gasteiger partial charge in [-0.3, -0.25) is 4.79 Å². The van der Waals surface area contributed by atoms with Crippen molar-refractivity contribution in [2.75, 3.05) is 0 Å². The van der Waals surface area contributed by atoms with E-state index in [9.17, 15) is 4.79 Å². The van der Waals surface area contributed by atoms with Crippen molar-refractivity contribution < 1.29 is 4.79 Å². The molecule has 0 unspecified atom stereocenters. The molecular formula is C16H11Br2N3O. The highest BCUT2D eigenvalue weighted by molar-refractivity contribution is 9.10. The van der Waals surface area contributed by atoms with Gasteiger partial charge in [-0.15, -0.1) is 0 Å². The zero-order valence-corrected chi connectivity index (χ0v) is 14.5. The number of nitrogens with one attached hydrogen (secondary N) is 2. The van der Waals surface area contributed by atoms with E-state index < -0.39 is 0 Å². The molecule has 6 heteroatoms. The van der Waals surface area contributed by atoms with Crippen LogP contribution in [0.1, 0.15) is 15.9 Å². The Kier molecular flexibility index (Phi) is 4.40. The number of benzene rings is 2. The number of aromatic amines is 1. The van der Waals surface area contributed by atoms with E-state index in [4.69, 9.17) is 0 Å². The summed E-state index contributed by atoms with van der Waals surface area (Å²) in [5, 5.41) is 5.07. The lowest BCUT2D eigenvalue weighted by Crippen LogP contribution is -2.17. The van der Waals surface area contributed by atoms with Crippen molar-refractivity contribution in [3.63, 3.8) is 0 Å². The third-order valence-electron chi connectivity index (χ3n) is 3.16. The highest BCUT2D eigenvalue weighted by atomic mass is 79.9. The summed E-state index contributed by atoms with van der Waals surface area (Å²) in [6.45, 7) is 0. The highest BCUT2D eigenvalue weighted by Gasteiger charge is 2.07. The molecule has 2 aromatic carbocycles. The van der Waals surface area contributed by atoms with Crippen LogP contribution in [-0.4, -0.2) is 17.1 Å². The monoisotopic (exact) mass is 419 g/mol. The van der Waals surface area contributed by atoms with Crippen molar-refractivity contribution in [2.45, 2.75) is 0 Å².